The van der Waals surface area contributed by atoms with Crippen molar-refractivity contribution in [2.24, 2.45) is 7.05 Å². The van der Waals surface area contributed by atoms with Crippen molar-refractivity contribution in [1.29, 1.82) is 0 Å². The molecule has 0 radical (unpaired) electrons. The molecule has 0 aliphatic rings. The smallest absolute Gasteiger partial charge is 0.270 e. The Hall–Kier alpha value is -2.51. The van der Waals surface area contributed by atoms with Crippen LogP contribution in [0.15, 0.2) is 12.1 Å². The number of amides is 1. The third-order valence-electron chi connectivity index (χ3n) is 2.51. The van der Waals surface area contributed by atoms with E-state index in [1.807, 2.05) is 6.92 Å². The summed E-state index contributed by atoms with van der Waals surface area (Å²) in [6.07, 6.45) is 0.987. The maximum absolute atomic E-state index is 12.1. The van der Waals surface area contributed by atoms with E-state index in [0.717, 1.165) is 18.7 Å². The lowest BCUT2D eigenvalue weighted by Crippen LogP contribution is -2.15. The minimum atomic E-state index is -0.289. The molecule has 1 amide bonds. The molecule has 0 aliphatic carbocycles. The fourth-order valence-electron chi connectivity index (χ4n) is 1.65. The molecule has 2 rings (SSSR count). The monoisotopic (exact) mass is 275 g/mol. The molecule has 8 heteroatoms. The number of nitrogens with zero attached hydrogens (tertiary/aromatic N) is 5. The molecule has 0 unspecified atom stereocenters. The molecule has 0 saturated carbocycles. The highest BCUT2D eigenvalue weighted by atomic mass is 16.1. The molecule has 0 saturated heterocycles. The van der Waals surface area contributed by atoms with Crippen molar-refractivity contribution in [1.82, 2.24) is 25.2 Å². The molecule has 8 nitrogen and oxygen atoms in total. The highest BCUT2D eigenvalue weighted by Gasteiger charge is 2.11. The topological polar surface area (TPSA) is 97.6 Å². The zero-order chi connectivity index (χ0) is 14.5. The number of pyridine rings is 1. The number of hydrogen-bond donors (Lipinski definition) is 2. The maximum atomic E-state index is 12.1. The van der Waals surface area contributed by atoms with E-state index >= 15 is 0 Å². The zero-order valence-electron chi connectivity index (χ0n) is 11.7. The molecule has 0 bridgehead atoms. The molecular weight excluding hydrogens is 258 g/mol. The van der Waals surface area contributed by atoms with Crippen LogP contribution in [0.1, 0.15) is 29.4 Å². The summed E-state index contributed by atoms with van der Waals surface area (Å²) in [5, 5.41) is 17.0. The Morgan fingerprint density at radius 3 is 2.85 bits per heavy atom. The van der Waals surface area contributed by atoms with Crippen LogP contribution in [-0.4, -0.2) is 37.6 Å². The summed E-state index contributed by atoms with van der Waals surface area (Å²) in [6.45, 7) is 4.72. The molecule has 106 valence electrons. The average molecular weight is 275 g/mol. The SMILES string of the molecule is CCCNc1cc(C(=O)Nc2nnn(C)n2)cc(C)n1. The largest absolute Gasteiger partial charge is 0.370 e. The van der Waals surface area contributed by atoms with Gasteiger partial charge in [0.25, 0.3) is 11.9 Å². The summed E-state index contributed by atoms with van der Waals surface area (Å²) in [6, 6.07) is 3.41. The second kappa shape index (κ2) is 6.09. The Morgan fingerprint density at radius 1 is 1.40 bits per heavy atom. The summed E-state index contributed by atoms with van der Waals surface area (Å²) in [5.74, 6) is 0.571. The van der Waals surface area contributed by atoms with Crippen LogP contribution < -0.4 is 10.6 Å². The molecule has 2 heterocycles. The maximum Gasteiger partial charge on any atom is 0.270 e. The molecule has 0 spiro atoms. The molecular formula is C12H17N7O. The normalized spacial score (nSPS) is 10.3. The predicted octanol–water partition coefficient (Wildman–Crippen LogP) is 0.988. The van der Waals surface area contributed by atoms with Crippen LogP contribution in [0.5, 0.6) is 0 Å². The molecule has 2 aromatic heterocycles. The van der Waals surface area contributed by atoms with Crippen molar-refractivity contribution in [3.05, 3.63) is 23.4 Å². The van der Waals surface area contributed by atoms with Gasteiger partial charge in [-0.15, -0.1) is 5.10 Å². The van der Waals surface area contributed by atoms with E-state index < -0.39 is 0 Å². The molecule has 0 aromatic carbocycles. The van der Waals surface area contributed by atoms with Gasteiger partial charge >= 0.3 is 0 Å². The fourth-order valence-corrected chi connectivity index (χ4v) is 1.65. The summed E-state index contributed by atoms with van der Waals surface area (Å²) < 4.78 is 0. The van der Waals surface area contributed by atoms with Crippen LogP contribution in [0.3, 0.4) is 0 Å². The van der Waals surface area contributed by atoms with Crippen molar-refractivity contribution in [3.8, 4) is 0 Å². The van der Waals surface area contributed by atoms with Crippen molar-refractivity contribution in [2.75, 3.05) is 17.2 Å². The first kappa shape index (κ1) is 13.9. The first-order valence-corrected chi connectivity index (χ1v) is 6.36. The average Bonchev–Trinajstić information content (AvgIpc) is 2.81. The third-order valence-corrected chi connectivity index (χ3v) is 2.51. The zero-order valence-corrected chi connectivity index (χ0v) is 11.7. The lowest BCUT2D eigenvalue weighted by molar-refractivity contribution is 0.102. The first-order valence-electron chi connectivity index (χ1n) is 6.36. The van der Waals surface area contributed by atoms with Gasteiger partial charge in [0.1, 0.15) is 5.82 Å². The number of aryl methyl sites for hydroxylation is 2. The van der Waals surface area contributed by atoms with Crippen LogP contribution in [0, 0.1) is 6.92 Å². The Bertz CT molecular complexity index is 608. The van der Waals surface area contributed by atoms with Crippen molar-refractivity contribution in [3.63, 3.8) is 0 Å². The lowest BCUT2D eigenvalue weighted by Gasteiger charge is -2.07. The molecule has 20 heavy (non-hydrogen) atoms. The van der Waals surface area contributed by atoms with Gasteiger partial charge in [0.05, 0.1) is 7.05 Å². The number of carbonyl (C=O) groups is 1. The van der Waals surface area contributed by atoms with Gasteiger partial charge in [0, 0.05) is 17.8 Å². The van der Waals surface area contributed by atoms with Crippen LogP contribution in [0.2, 0.25) is 0 Å². The van der Waals surface area contributed by atoms with Gasteiger partial charge in [0.15, 0.2) is 0 Å². The second-order valence-corrected chi connectivity index (χ2v) is 4.37. The fraction of sp³-hybridized carbons (Fsp3) is 0.417. The minimum absolute atomic E-state index is 0.176. The van der Waals surface area contributed by atoms with Gasteiger partial charge in [-0.2, -0.15) is 4.80 Å². The Labute approximate surface area is 116 Å². The molecule has 2 N–H and O–H groups in total. The van der Waals surface area contributed by atoms with Crippen molar-refractivity contribution >= 4 is 17.7 Å². The van der Waals surface area contributed by atoms with E-state index in [2.05, 4.69) is 38.0 Å². The summed E-state index contributed by atoms with van der Waals surface area (Å²) in [5.41, 5.74) is 1.27. The van der Waals surface area contributed by atoms with E-state index in [1.165, 1.54) is 4.80 Å². The van der Waals surface area contributed by atoms with Gasteiger partial charge in [-0.25, -0.2) is 4.98 Å². The van der Waals surface area contributed by atoms with Crippen LogP contribution >= 0.6 is 0 Å². The Morgan fingerprint density at radius 2 is 2.20 bits per heavy atom. The van der Waals surface area contributed by atoms with Gasteiger partial charge in [-0.05, 0) is 30.7 Å². The van der Waals surface area contributed by atoms with Crippen LogP contribution in [0.25, 0.3) is 0 Å². The summed E-state index contributed by atoms with van der Waals surface area (Å²) >= 11 is 0. The van der Waals surface area contributed by atoms with Gasteiger partial charge in [-0.1, -0.05) is 12.0 Å². The standard InChI is InChI=1S/C12H17N7O/c1-4-5-13-10-7-9(6-8(2)14-10)11(20)15-12-16-18-19(3)17-12/h6-7H,4-5H2,1-3H3,(H,13,14)(H,15,17,20). The molecule has 0 atom stereocenters. The lowest BCUT2D eigenvalue weighted by atomic mass is 10.2. The van der Waals surface area contributed by atoms with Crippen molar-refractivity contribution in [2.45, 2.75) is 20.3 Å². The first-order chi connectivity index (χ1) is 9.58. The third kappa shape index (κ3) is 3.50. The van der Waals surface area contributed by atoms with Gasteiger partial charge in [0.2, 0.25) is 0 Å². The minimum Gasteiger partial charge on any atom is -0.370 e. The van der Waals surface area contributed by atoms with E-state index in [1.54, 1.807) is 19.2 Å². The number of tetrazole rings is 1. The highest BCUT2D eigenvalue weighted by Crippen LogP contribution is 2.11. The van der Waals surface area contributed by atoms with Crippen LogP contribution in [0.4, 0.5) is 11.8 Å². The second-order valence-electron chi connectivity index (χ2n) is 4.37. The Balaban J connectivity index is 2.14. The van der Waals surface area contributed by atoms with Gasteiger partial charge < -0.3 is 5.32 Å². The van der Waals surface area contributed by atoms with E-state index in [4.69, 9.17) is 0 Å². The number of nitrogens with one attached hydrogen (secondary N) is 2. The van der Waals surface area contributed by atoms with Crippen molar-refractivity contribution < 1.29 is 4.79 Å². The number of aromatic nitrogens is 5. The quantitative estimate of drug-likeness (QED) is 0.844. The molecule has 0 fully saturated rings. The number of hydrogen-bond acceptors (Lipinski definition) is 6. The Kier molecular flexibility index (Phi) is 4.24. The number of rotatable bonds is 5. The number of carbonyl (C=O) groups excluding carboxylic acids is 1. The summed E-state index contributed by atoms with van der Waals surface area (Å²) in [7, 11) is 1.63. The van der Waals surface area contributed by atoms with E-state index in [0.29, 0.717) is 11.4 Å². The van der Waals surface area contributed by atoms with Crippen LogP contribution in [-0.2, 0) is 7.05 Å². The molecule has 2 aromatic rings. The highest BCUT2D eigenvalue weighted by molar-refractivity contribution is 6.03. The van der Waals surface area contributed by atoms with E-state index in [9.17, 15) is 4.79 Å². The predicted molar refractivity (Wildman–Crippen MR) is 74.5 cm³/mol. The molecule has 0 aliphatic heterocycles. The van der Waals surface area contributed by atoms with E-state index in [-0.39, 0.29) is 11.9 Å². The van der Waals surface area contributed by atoms with Gasteiger partial charge in [-0.3, -0.25) is 10.1 Å². The number of anilines is 2. The summed E-state index contributed by atoms with van der Waals surface area (Å²) in [4.78, 5) is 17.7.